The summed E-state index contributed by atoms with van der Waals surface area (Å²) in [6, 6.07) is 42.2. The summed E-state index contributed by atoms with van der Waals surface area (Å²) in [7, 11) is 0. The first-order valence-corrected chi connectivity index (χ1v) is 19.6. The van der Waals surface area contributed by atoms with Crippen molar-refractivity contribution >= 4 is 75.4 Å². The van der Waals surface area contributed by atoms with Crippen LogP contribution in [0, 0.1) is 5.92 Å². The standard InChI is InChI=1S/C46H32Cl4N2O4/c47-32-15-11-30(12-16-32)40(53)41-44(36-23-34(49)19-21-38(36)51(42(44)54)25-28-7-3-1-4-8-28)27-45(56,31-13-17-33(48)18-14-31)46(41)37-24-35(50)20-22-39(37)52(43(46)55)26-29-9-5-2-6-10-29/h1-24,41,56H,25-27H2/t41-,44-,45+,46+/m0/s1. The number of hydrogen-bond donors (Lipinski definition) is 1. The first-order valence-electron chi connectivity index (χ1n) is 18.1. The Balaban J connectivity index is 1.40. The molecule has 6 nitrogen and oxygen atoms in total. The number of hydrogen-bond acceptors (Lipinski definition) is 4. The van der Waals surface area contributed by atoms with E-state index in [1.54, 1.807) is 94.7 Å². The van der Waals surface area contributed by atoms with Gasteiger partial charge in [-0.1, -0.05) is 119 Å². The van der Waals surface area contributed by atoms with Crippen molar-refractivity contribution in [2.45, 2.75) is 35.9 Å². The Morgan fingerprint density at radius 1 is 0.589 bits per heavy atom. The van der Waals surface area contributed by atoms with Crippen LogP contribution in [0.3, 0.4) is 0 Å². The lowest BCUT2D eigenvalue weighted by atomic mass is 9.58. The monoisotopic (exact) mass is 816 g/mol. The van der Waals surface area contributed by atoms with E-state index in [0.717, 1.165) is 11.1 Å². The number of benzene rings is 6. The van der Waals surface area contributed by atoms with Crippen molar-refractivity contribution in [1.82, 2.24) is 0 Å². The molecule has 2 heterocycles. The minimum Gasteiger partial charge on any atom is -0.384 e. The Kier molecular flexibility index (Phi) is 8.92. The molecule has 0 radical (unpaired) electrons. The minimum absolute atomic E-state index is 0.123. The quantitative estimate of drug-likeness (QED) is 0.163. The van der Waals surface area contributed by atoms with E-state index < -0.39 is 39.9 Å². The average Bonchev–Trinajstić information content (AvgIpc) is 3.69. The Morgan fingerprint density at radius 2 is 1.05 bits per heavy atom. The van der Waals surface area contributed by atoms with Crippen molar-refractivity contribution in [3.8, 4) is 0 Å². The van der Waals surface area contributed by atoms with Gasteiger partial charge in [0, 0.05) is 43.4 Å². The summed E-state index contributed by atoms with van der Waals surface area (Å²) >= 11 is 26.4. The topological polar surface area (TPSA) is 77.9 Å². The van der Waals surface area contributed by atoms with Crippen LogP contribution in [-0.4, -0.2) is 22.7 Å². The van der Waals surface area contributed by atoms with Gasteiger partial charge in [-0.15, -0.1) is 0 Å². The zero-order chi connectivity index (χ0) is 39.0. The molecule has 9 rings (SSSR count). The molecule has 3 aliphatic rings. The van der Waals surface area contributed by atoms with Crippen molar-refractivity contribution in [1.29, 1.82) is 0 Å². The van der Waals surface area contributed by atoms with Gasteiger partial charge in [-0.3, -0.25) is 14.4 Å². The predicted octanol–water partition coefficient (Wildman–Crippen LogP) is 10.4. The summed E-state index contributed by atoms with van der Waals surface area (Å²) < 4.78 is 0. The number of anilines is 2. The van der Waals surface area contributed by atoms with E-state index in [1.165, 1.54) is 0 Å². The third-order valence-corrected chi connectivity index (χ3v) is 12.8. The third-order valence-electron chi connectivity index (χ3n) is 11.8. The number of nitrogens with zero attached hydrogens (tertiary/aromatic N) is 2. The second kappa shape index (κ2) is 13.6. The highest BCUT2D eigenvalue weighted by Gasteiger charge is 2.82. The van der Waals surface area contributed by atoms with Crippen LogP contribution in [0.5, 0.6) is 0 Å². The number of rotatable bonds is 7. The molecule has 56 heavy (non-hydrogen) atoms. The van der Waals surface area contributed by atoms with Crippen molar-refractivity contribution in [3.05, 3.63) is 199 Å². The van der Waals surface area contributed by atoms with Gasteiger partial charge >= 0.3 is 0 Å². The van der Waals surface area contributed by atoms with E-state index in [0.29, 0.717) is 48.2 Å². The molecule has 2 aliphatic heterocycles. The van der Waals surface area contributed by atoms with Gasteiger partial charge in [-0.25, -0.2) is 0 Å². The van der Waals surface area contributed by atoms with E-state index in [9.17, 15) is 5.11 Å². The maximum absolute atomic E-state index is 16.1. The molecule has 10 heteroatoms. The summed E-state index contributed by atoms with van der Waals surface area (Å²) in [6.45, 7) is 0.291. The molecular formula is C46H32Cl4N2O4. The molecule has 1 fully saturated rings. The number of halogens is 4. The van der Waals surface area contributed by atoms with Crippen molar-refractivity contribution < 1.29 is 19.5 Å². The highest BCUT2D eigenvalue weighted by Crippen LogP contribution is 2.72. The van der Waals surface area contributed by atoms with Gasteiger partial charge in [0.2, 0.25) is 11.8 Å². The minimum atomic E-state index is -2.19. The van der Waals surface area contributed by atoms with Crippen LogP contribution in [-0.2, 0) is 39.1 Å². The summed E-state index contributed by atoms with van der Waals surface area (Å²) in [5.74, 6) is -3.02. The lowest BCUT2D eigenvalue weighted by molar-refractivity contribution is -0.135. The Labute approximate surface area is 343 Å². The summed E-state index contributed by atoms with van der Waals surface area (Å²) in [6.07, 6.45) is -0.347. The average molecular weight is 819 g/mol. The van der Waals surface area contributed by atoms with Crippen LogP contribution in [0.25, 0.3) is 0 Å². The van der Waals surface area contributed by atoms with Crippen molar-refractivity contribution in [2.24, 2.45) is 5.92 Å². The van der Waals surface area contributed by atoms with Gasteiger partial charge in [0.25, 0.3) is 0 Å². The fourth-order valence-corrected chi connectivity index (χ4v) is 10.1. The molecular weight excluding hydrogens is 786 g/mol. The molecule has 4 atom stereocenters. The van der Waals surface area contributed by atoms with Crippen LogP contribution < -0.4 is 9.80 Å². The number of carbonyl (C=O) groups excluding carboxylic acids is 3. The van der Waals surface area contributed by atoms with Crippen LogP contribution >= 0.6 is 46.4 Å². The zero-order valence-electron chi connectivity index (χ0n) is 29.6. The van der Waals surface area contributed by atoms with Crippen LogP contribution in [0.15, 0.2) is 146 Å². The molecule has 0 bridgehead atoms. The maximum Gasteiger partial charge on any atom is 0.242 e. The van der Waals surface area contributed by atoms with Gasteiger partial charge in [0.1, 0.15) is 11.0 Å². The van der Waals surface area contributed by atoms with E-state index in [1.807, 2.05) is 60.7 Å². The number of Topliss-reactive ketones (excluding diaryl/α,β-unsaturated/α-hetero) is 1. The van der Waals surface area contributed by atoms with E-state index in [-0.39, 0.29) is 25.1 Å². The van der Waals surface area contributed by atoms with Gasteiger partial charge in [-0.2, -0.15) is 0 Å². The smallest absolute Gasteiger partial charge is 0.242 e. The molecule has 278 valence electrons. The van der Waals surface area contributed by atoms with Crippen molar-refractivity contribution in [2.75, 3.05) is 9.80 Å². The number of carbonyl (C=O) groups is 3. The van der Waals surface area contributed by atoms with Crippen LogP contribution in [0.4, 0.5) is 11.4 Å². The number of aliphatic hydroxyl groups is 1. The molecule has 0 saturated heterocycles. The molecule has 1 aliphatic carbocycles. The number of amides is 2. The molecule has 6 aromatic carbocycles. The van der Waals surface area contributed by atoms with E-state index in [4.69, 9.17) is 46.4 Å². The predicted molar refractivity (Wildman–Crippen MR) is 221 cm³/mol. The summed E-state index contributed by atoms with van der Waals surface area (Å²) in [5, 5.41) is 15.4. The fraction of sp³-hybridized carbons (Fsp3) is 0.152. The highest BCUT2D eigenvalue weighted by molar-refractivity contribution is 6.32. The van der Waals surface area contributed by atoms with Gasteiger partial charge in [-0.05, 0) is 101 Å². The molecule has 0 unspecified atom stereocenters. The lowest BCUT2D eigenvalue weighted by Crippen LogP contribution is -2.59. The Hall–Kier alpha value is -4.95. The first kappa shape index (κ1) is 36.7. The van der Waals surface area contributed by atoms with Crippen molar-refractivity contribution in [3.63, 3.8) is 0 Å². The zero-order valence-corrected chi connectivity index (χ0v) is 32.7. The number of ketones is 1. The molecule has 2 spiro atoms. The summed E-state index contributed by atoms with van der Waals surface area (Å²) in [5.41, 5.74) is -2.13. The van der Waals surface area contributed by atoms with E-state index in [2.05, 4.69) is 0 Å². The normalized spacial score (nSPS) is 23.6. The summed E-state index contributed by atoms with van der Waals surface area (Å²) in [4.78, 5) is 51.2. The van der Waals surface area contributed by atoms with Crippen LogP contribution in [0.2, 0.25) is 20.1 Å². The van der Waals surface area contributed by atoms with Gasteiger partial charge < -0.3 is 14.9 Å². The SMILES string of the molecule is O=C(c1ccc(Cl)cc1)[C@H]1[C@@]2(C[C@@](O)(c3ccc(Cl)cc3)[C@@]13C(=O)N(Cc1ccccc1)c1ccc(Cl)cc13)C(=O)N(Cc1ccccc1)c1ccc(Cl)cc12. The molecule has 6 aromatic rings. The first-order chi connectivity index (χ1) is 27.0. The second-order valence-electron chi connectivity index (χ2n) is 14.7. The Morgan fingerprint density at radius 3 is 1.61 bits per heavy atom. The van der Waals surface area contributed by atoms with E-state index >= 15 is 14.4 Å². The molecule has 0 aromatic heterocycles. The number of fused-ring (bicyclic) bond motifs is 4. The fourth-order valence-electron chi connectivity index (χ4n) is 9.55. The largest absolute Gasteiger partial charge is 0.384 e. The third kappa shape index (κ3) is 5.31. The molecule has 2 amide bonds. The second-order valence-corrected chi connectivity index (χ2v) is 16.4. The highest BCUT2D eigenvalue weighted by atomic mass is 35.5. The van der Waals surface area contributed by atoms with Crippen LogP contribution in [0.1, 0.15) is 44.6 Å². The lowest BCUT2D eigenvalue weighted by Gasteiger charge is -2.42. The maximum atomic E-state index is 16.1. The van der Waals surface area contributed by atoms with Gasteiger partial charge in [0.05, 0.1) is 24.4 Å². The van der Waals surface area contributed by atoms with Gasteiger partial charge in [0.15, 0.2) is 5.78 Å². The molecule has 1 saturated carbocycles. The molecule has 1 N–H and O–H groups in total. The Bertz CT molecular complexity index is 2550.